The van der Waals surface area contributed by atoms with Gasteiger partial charge in [-0.15, -0.1) is 11.3 Å². The number of aliphatic carboxylic acids is 1. The molecule has 0 radical (unpaired) electrons. The van der Waals surface area contributed by atoms with Gasteiger partial charge in [-0.25, -0.2) is 18.5 Å². The van der Waals surface area contributed by atoms with E-state index in [-0.39, 0.29) is 10.8 Å². The molecule has 0 fully saturated rings. The summed E-state index contributed by atoms with van der Waals surface area (Å²) in [5.74, 6) is -0.944. The van der Waals surface area contributed by atoms with Gasteiger partial charge in [-0.2, -0.15) is 0 Å². The molecule has 3 N–H and O–H groups in total. The molecule has 0 amide bonds. The number of thiazole rings is 1. The Morgan fingerprint density at radius 1 is 1.47 bits per heavy atom. The minimum Gasteiger partial charge on any atom is -0.481 e. The van der Waals surface area contributed by atoms with Crippen LogP contribution < -0.4 is 5.14 Å². The summed E-state index contributed by atoms with van der Waals surface area (Å²) in [7, 11) is -3.81. The molecule has 0 saturated heterocycles. The number of sulfonamides is 1. The number of fused-ring (bicyclic) bond motifs is 1. The van der Waals surface area contributed by atoms with E-state index >= 15 is 0 Å². The summed E-state index contributed by atoms with van der Waals surface area (Å²) in [4.78, 5) is 14.4. The number of carboxylic acids is 1. The molecule has 0 aliphatic rings. The van der Waals surface area contributed by atoms with Crippen molar-refractivity contribution < 1.29 is 18.3 Å². The van der Waals surface area contributed by atoms with Crippen LogP contribution in [0.1, 0.15) is 5.56 Å². The molecule has 0 aliphatic carbocycles. The molecular weight excluding hydrogens is 264 g/mol. The molecule has 8 heteroatoms. The van der Waals surface area contributed by atoms with Crippen LogP contribution in [0, 0.1) is 0 Å². The van der Waals surface area contributed by atoms with Crippen LogP contribution in [0.2, 0.25) is 0 Å². The smallest absolute Gasteiger partial charge is 0.307 e. The minimum absolute atomic E-state index is 0.113. The van der Waals surface area contributed by atoms with Gasteiger partial charge in [0.25, 0.3) is 10.0 Å². The SMILES string of the molecule is NS(=O)(=O)c1nc2ccc(CC(=O)O)cc2s1. The lowest BCUT2D eigenvalue weighted by Crippen LogP contribution is -2.11. The van der Waals surface area contributed by atoms with Gasteiger partial charge in [0.05, 0.1) is 16.6 Å². The van der Waals surface area contributed by atoms with E-state index in [1.807, 2.05) is 0 Å². The quantitative estimate of drug-likeness (QED) is 0.848. The molecule has 0 aliphatic heterocycles. The van der Waals surface area contributed by atoms with Gasteiger partial charge in [-0.05, 0) is 17.7 Å². The predicted molar refractivity (Wildman–Crippen MR) is 62.3 cm³/mol. The fraction of sp³-hybridized carbons (Fsp3) is 0.111. The fourth-order valence-electron chi connectivity index (χ4n) is 1.35. The Kier molecular flexibility index (Phi) is 2.86. The Morgan fingerprint density at radius 3 is 2.76 bits per heavy atom. The number of hydrogen-bond acceptors (Lipinski definition) is 5. The van der Waals surface area contributed by atoms with Crippen LogP contribution in [0.15, 0.2) is 22.5 Å². The summed E-state index contributed by atoms with van der Waals surface area (Å²) in [5.41, 5.74) is 1.09. The van der Waals surface area contributed by atoms with E-state index in [9.17, 15) is 13.2 Å². The number of nitrogens with two attached hydrogens (primary N) is 1. The molecule has 1 heterocycles. The third-order valence-corrected chi connectivity index (χ3v) is 4.37. The van der Waals surface area contributed by atoms with Crippen molar-refractivity contribution in [2.24, 2.45) is 5.14 Å². The lowest BCUT2D eigenvalue weighted by Gasteiger charge is -1.95. The van der Waals surface area contributed by atoms with Gasteiger partial charge < -0.3 is 5.11 Å². The van der Waals surface area contributed by atoms with Crippen LogP contribution in [-0.2, 0) is 21.2 Å². The topological polar surface area (TPSA) is 110 Å². The van der Waals surface area contributed by atoms with E-state index in [2.05, 4.69) is 4.98 Å². The number of primary sulfonamides is 1. The normalized spacial score (nSPS) is 11.8. The largest absolute Gasteiger partial charge is 0.481 e. The van der Waals surface area contributed by atoms with Crippen LogP contribution in [-0.4, -0.2) is 24.5 Å². The highest BCUT2D eigenvalue weighted by Gasteiger charge is 2.14. The van der Waals surface area contributed by atoms with Gasteiger partial charge in [0.1, 0.15) is 0 Å². The van der Waals surface area contributed by atoms with Crippen LogP contribution >= 0.6 is 11.3 Å². The third-order valence-electron chi connectivity index (χ3n) is 2.03. The third kappa shape index (κ3) is 2.60. The van der Waals surface area contributed by atoms with Crippen molar-refractivity contribution in [3.8, 4) is 0 Å². The van der Waals surface area contributed by atoms with Crippen molar-refractivity contribution in [1.82, 2.24) is 4.98 Å². The number of nitrogens with zero attached hydrogens (tertiary/aromatic N) is 1. The maximum absolute atomic E-state index is 11.1. The first-order chi connectivity index (χ1) is 7.86. The second kappa shape index (κ2) is 4.06. The number of benzene rings is 1. The average Bonchev–Trinajstić information content (AvgIpc) is 2.58. The number of rotatable bonds is 3. The number of carboxylic acid groups (broad SMARTS) is 1. The van der Waals surface area contributed by atoms with Crippen LogP contribution in [0.5, 0.6) is 0 Å². The summed E-state index contributed by atoms with van der Waals surface area (Å²) >= 11 is 0.928. The summed E-state index contributed by atoms with van der Waals surface area (Å²) in [6, 6.07) is 4.79. The van der Waals surface area contributed by atoms with Gasteiger partial charge >= 0.3 is 5.97 Å². The predicted octanol–water partition coefficient (Wildman–Crippen LogP) is 0.571. The monoisotopic (exact) mass is 272 g/mol. The van der Waals surface area contributed by atoms with Gasteiger partial charge in [-0.1, -0.05) is 6.07 Å². The minimum atomic E-state index is -3.81. The summed E-state index contributed by atoms with van der Waals surface area (Å²) in [6.45, 7) is 0. The van der Waals surface area contributed by atoms with E-state index in [0.29, 0.717) is 15.8 Å². The highest BCUT2D eigenvalue weighted by atomic mass is 32.2. The van der Waals surface area contributed by atoms with Crippen molar-refractivity contribution in [2.45, 2.75) is 10.8 Å². The standard InChI is InChI=1S/C9H8N2O4S2/c10-17(14,15)9-11-6-2-1-5(4-8(12)13)3-7(6)16-9/h1-3H,4H2,(H,12,13)(H2,10,14,15). The highest BCUT2D eigenvalue weighted by molar-refractivity contribution is 7.91. The Bertz CT molecular complexity index is 690. The molecule has 6 nitrogen and oxygen atoms in total. The Hall–Kier alpha value is -1.51. The second-order valence-corrected chi connectivity index (χ2v) is 6.16. The maximum Gasteiger partial charge on any atom is 0.307 e. The Morgan fingerprint density at radius 2 is 2.18 bits per heavy atom. The van der Waals surface area contributed by atoms with Crippen LogP contribution in [0.4, 0.5) is 0 Å². The zero-order chi connectivity index (χ0) is 12.6. The Labute approximate surface area is 101 Å². The molecule has 0 bridgehead atoms. The lowest BCUT2D eigenvalue weighted by atomic mass is 10.1. The lowest BCUT2D eigenvalue weighted by molar-refractivity contribution is -0.136. The summed E-state index contributed by atoms with van der Waals surface area (Å²) < 4.78 is 22.6. The van der Waals surface area contributed by atoms with Crippen LogP contribution in [0.3, 0.4) is 0 Å². The molecule has 0 unspecified atom stereocenters. The van der Waals surface area contributed by atoms with Crippen molar-refractivity contribution in [1.29, 1.82) is 0 Å². The van der Waals surface area contributed by atoms with E-state index in [1.165, 1.54) is 0 Å². The zero-order valence-electron chi connectivity index (χ0n) is 8.45. The maximum atomic E-state index is 11.1. The number of aromatic nitrogens is 1. The average molecular weight is 272 g/mol. The molecule has 1 aromatic carbocycles. The zero-order valence-corrected chi connectivity index (χ0v) is 10.1. The molecule has 2 aromatic rings. The second-order valence-electron chi connectivity index (χ2n) is 3.40. The number of carbonyl (C=O) groups is 1. The fourth-order valence-corrected chi connectivity index (χ4v) is 3.07. The van der Waals surface area contributed by atoms with Gasteiger partial charge in [0.2, 0.25) is 4.34 Å². The molecule has 0 spiro atoms. The van der Waals surface area contributed by atoms with Gasteiger partial charge in [-0.3, -0.25) is 4.79 Å². The molecule has 0 saturated carbocycles. The first kappa shape index (κ1) is 12.0. The van der Waals surface area contributed by atoms with E-state index in [0.717, 1.165) is 11.3 Å². The van der Waals surface area contributed by atoms with Gasteiger partial charge in [0, 0.05) is 0 Å². The van der Waals surface area contributed by atoms with Crippen molar-refractivity contribution in [3.05, 3.63) is 23.8 Å². The molecule has 17 heavy (non-hydrogen) atoms. The first-order valence-electron chi connectivity index (χ1n) is 4.50. The molecule has 90 valence electrons. The summed E-state index contributed by atoms with van der Waals surface area (Å²) in [5, 5.41) is 13.6. The number of hydrogen-bond donors (Lipinski definition) is 2. The van der Waals surface area contributed by atoms with E-state index in [1.54, 1.807) is 18.2 Å². The van der Waals surface area contributed by atoms with Crippen molar-refractivity contribution >= 4 is 37.5 Å². The van der Waals surface area contributed by atoms with E-state index < -0.39 is 16.0 Å². The Balaban J connectivity index is 2.52. The van der Waals surface area contributed by atoms with Crippen molar-refractivity contribution in [3.63, 3.8) is 0 Å². The molecule has 2 rings (SSSR count). The van der Waals surface area contributed by atoms with E-state index in [4.69, 9.17) is 10.2 Å². The molecular formula is C9H8N2O4S2. The van der Waals surface area contributed by atoms with Crippen LogP contribution in [0.25, 0.3) is 10.2 Å². The highest BCUT2D eigenvalue weighted by Crippen LogP contribution is 2.25. The first-order valence-corrected chi connectivity index (χ1v) is 6.86. The molecule has 0 atom stereocenters. The summed E-state index contributed by atoms with van der Waals surface area (Å²) in [6.07, 6.45) is -0.113. The molecule has 1 aromatic heterocycles. The van der Waals surface area contributed by atoms with Crippen molar-refractivity contribution in [2.75, 3.05) is 0 Å². The van der Waals surface area contributed by atoms with Gasteiger partial charge in [0.15, 0.2) is 0 Å².